The fourth-order valence-electron chi connectivity index (χ4n) is 2.00. The number of carbonyl (C=O) groups excluding carboxylic acids is 1. The Kier molecular flexibility index (Phi) is 4.20. The minimum absolute atomic E-state index is 0.219. The first-order chi connectivity index (χ1) is 8.70. The Bertz CT molecular complexity index is 431. The summed E-state index contributed by atoms with van der Waals surface area (Å²) in [4.78, 5) is 11.9. The van der Waals surface area contributed by atoms with Gasteiger partial charge in [-0.2, -0.15) is 0 Å². The second-order valence-electron chi connectivity index (χ2n) is 4.42. The normalized spacial score (nSPS) is 14.8. The average Bonchev–Trinajstić information content (AvgIpc) is 2.83. The molecule has 98 valence electrons. The van der Waals surface area contributed by atoms with E-state index in [1.165, 1.54) is 5.56 Å². The number of anilines is 1. The number of benzene rings is 1. The zero-order valence-corrected chi connectivity index (χ0v) is 10.9. The highest BCUT2D eigenvalue weighted by molar-refractivity contribution is 5.90. The molecule has 0 saturated carbocycles. The van der Waals surface area contributed by atoms with E-state index in [4.69, 9.17) is 9.47 Å². The Labute approximate surface area is 107 Å². The van der Waals surface area contributed by atoms with Gasteiger partial charge in [0.15, 0.2) is 0 Å². The molecular formula is C14H19NO3. The summed E-state index contributed by atoms with van der Waals surface area (Å²) in [6.45, 7) is 5.76. The average molecular weight is 249 g/mol. The highest BCUT2D eigenvalue weighted by Gasteiger charge is 2.16. The van der Waals surface area contributed by atoms with Gasteiger partial charge in [-0.1, -0.05) is 0 Å². The highest BCUT2D eigenvalue weighted by atomic mass is 16.6. The molecule has 0 saturated heterocycles. The second-order valence-corrected chi connectivity index (χ2v) is 4.42. The summed E-state index contributed by atoms with van der Waals surface area (Å²) >= 11 is 0. The standard InChI is InChI=1S/C14H19NO3/c1-3-17-9-10(2)18-14(16)12-4-5-13-11(8-12)6-7-15-13/h4-5,8,10,15H,3,6-7,9H2,1-2H3. The summed E-state index contributed by atoms with van der Waals surface area (Å²) in [5.74, 6) is -0.281. The monoisotopic (exact) mass is 249 g/mol. The Morgan fingerprint density at radius 1 is 1.50 bits per heavy atom. The van der Waals surface area contributed by atoms with Crippen LogP contribution in [0.2, 0.25) is 0 Å². The Morgan fingerprint density at radius 3 is 3.11 bits per heavy atom. The lowest BCUT2D eigenvalue weighted by atomic mass is 10.1. The van der Waals surface area contributed by atoms with E-state index in [-0.39, 0.29) is 12.1 Å². The maximum absolute atomic E-state index is 11.9. The van der Waals surface area contributed by atoms with Crippen molar-refractivity contribution < 1.29 is 14.3 Å². The second kappa shape index (κ2) is 5.87. The van der Waals surface area contributed by atoms with Gasteiger partial charge < -0.3 is 14.8 Å². The summed E-state index contributed by atoms with van der Waals surface area (Å²) < 4.78 is 10.5. The zero-order valence-electron chi connectivity index (χ0n) is 10.9. The van der Waals surface area contributed by atoms with Crippen LogP contribution >= 0.6 is 0 Å². The number of fused-ring (bicyclic) bond motifs is 1. The summed E-state index contributed by atoms with van der Waals surface area (Å²) in [5.41, 5.74) is 2.91. The minimum Gasteiger partial charge on any atom is -0.457 e. The Balaban J connectivity index is 1.96. The first kappa shape index (κ1) is 12.9. The molecule has 0 bridgehead atoms. The molecule has 1 aromatic rings. The molecule has 2 rings (SSSR count). The molecule has 1 unspecified atom stereocenters. The van der Waals surface area contributed by atoms with Gasteiger partial charge in [-0.05, 0) is 44.0 Å². The predicted molar refractivity (Wildman–Crippen MR) is 70.0 cm³/mol. The van der Waals surface area contributed by atoms with Crippen LogP contribution in [0, 0.1) is 0 Å². The van der Waals surface area contributed by atoms with Gasteiger partial charge in [-0.25, -0.2) is 4.79 Å². The smallest absolute Gasteiger partial charge is 0.338 e. The van der Waals surface area contributed by atoms with E-state index in [0.717, 1.165) is 18.7 Å². The van der Waals surface area contributed by atoms with Crippen molar-refractivity contribution in [1.29, 1.82) is 0 Å². The quantitative estimate of drug-likeness (QED) is 0.813. The van der Waals surface area contributed by atoms with Crippen molar-refractivity contribution in [2.75, 3.05) is 25.1 Å². The molecule has 0 fully saturated rings. The van der Waals surface area contributed by atoms with Gasteiger partial charge in [0.2, 0.25) is 0 Å². The number of carbonyl (C=O) groups is 1. The lowest BCUT2D eigenvalue weighted by molar-refractivity contribution is 0.00439. The third-order valence-electron chi connectivity index (χ3n) is 2.92. The molecule has 0 aromatic heterocycles. The van der Waals surface area contributed by atoms with Gasteiger partial charge in [0.25, 0.3) is 0 Å². The van der Waals surface area contributed by atoms with Crippen molar-refractivity contribution in [1.82, 2.24) is 0 Å². The van der Waals surface area contributed by atoms with Gasteiger partial charge in [-0.15, -0.1) is 0 Å². The van der Waals surface area contributed by atoms with Crippen LogP contribution in [0.3, 0.4) is 0 Å². The number of esters is 1. The maximum atomic E-state index is 11.9. The predicted octanol–water partition coefficient (Wildman–Crippen LogP) is 2.24. The van der Waals surface area contributed by atoms with E-state index >= 15 is 0 Å². The fourth-order valence-corrected chi connectivity index (χ4v) is 2.00. The van der Waals surface area contributed by atoms with Crippen LogP contribution in [0.15, 0.2) is 18.2 Å². The van der Waals surface area contributed by atoms with Crippen LogP contribution in [0.1, 0.15) is 29.8 Å². The molecule has 1 aliphatic rings. The van der Waals surface area contributed by atoms with E-state index < -0.39 is 0 Å². The van der Waals surface area contributed by atoms with Crippen LogP contribution in [-0.4, -0.2) is 31.8 Å². The summed E-state index contributed by atoms with van der Waals surface area (Å²) in [5, 5.41) is 3.26. The van der Waals surface area contributed by atoms with Crippen LogP contribution in [0.25, 0.3) is 0 Å². The Hall–Kier alpha value is -1.55. The van der Waals surface area contributed by atoms with Crippen molar-refractivity contribution in [3.05, 3.63) is 29.3 Å². The molecule has 4 nitrogen and oxygen atoms in total. The number of hydrogen-bond donors (Lipinski definition) is 1. The van der Waals surface area contributed by atoms with Crippen molar-refractivity contribution in [2.45, 2.75) is 26.4 Å². The van der Waals surface area contributed by atoms with E-state index in [0.29, 0.717) is 18.8 Å². The molecule has 18 heavy (non-hydrogen) atoms. The largest absolute Gasteiger partial charge is 0.457 e. The van der Waals surface area contributed by atoms with Gasteiger partial charge >= 0.3 is 5.97 Å². The molecule has 0 amide bonds. The fraction of sp³-hybridized carbons (Fsp3) is 0.500. The Morgan fingerprint density at radius 2 is 2.33 bits per heavy atom. The molecule has 4 heteroatoms. The van der Waals surface area contributed by atoms with Crippen molar-refractivity contribution in [3.8, 4) is 0 Å². The van der Waals surface area contributed by atoms with Crippen LogP contribution in [-0.2, 0) is 15.9 Å². The van der Waals surface area contributed by atoms with Crippen molar-refractivity contribution in [2.24, 2.45) is 0 Å². The third-order valence-corrected chi connectivity index (χ3v) is 2.92. The van der Waals surface area contributed by atoms with Gasteiger partial charge in [0.05, 0.1) is 12.2 Å². The first-order valence-electron chi connectivity index (χ1n) is 6.36. The molecule has 0 radical (unpaired) electrons. The summed E-state index contributed by atoms with van der Waals surface area (Å²) in [6, 6.07) is 5.64. The number of hydrogen-bond acceptors (Lipinski definition) is 4. The molecular weight excluding hydrogens is 230 g/mol. The molecule has 1 heterocycles. The SMILES string of the molecule is CCOCC(C)OC(=O)c1ccc2c(c1)CCN2. The molecule has 1 atom stereocenters. The molecule has 1 aromatic carbocycles. The third kappa shape index (κ3) is 3.01. The van der Waals surface area contributed by atoms with Gasteiger partial charge in [-0.3, -0.25) is 0 Å². The topological polar surface area (TPSA) is 47.6 Å². The van der Waals surface area contributed by atoms with Gasteiger partial charge in [0, 0.05) is 18.8 Å². The zero-order chi connectivity index (χ0) is 13.0. The molecule has 0 spiro atoms. The summed E-state index contributed by atoms with van der Waals surface area (Å²) in [7, 11) is 0. The van der Waals surface area contributed by atoms with E-state index in [1.807, 2.05) is 26.0 Å². The number of rotatable bonds is 5. The maximum Gasteiger partial charge on any atom is 0.338 e. The van der Waals surface area contributed by atoms with Crippen LogP contribution in [0.4, 0.5) is 5.69 Å². The minimum atomic E-state index is -0.281. The van der Waals surface area contributed by atoms with Crippen molar-refractivity contribution >= 4 is 11.7 Å². The lowest BCUT2D eigenvalue weighted by Gasteiger charge is -2.13. The van der Waals surface area contributed by atoms with Crippen LogP contribution < -0.4 is 5.32 Å². The van der Waals surface area contributed by atoms with E-state index in [1.54, 1.807) is 6.07 Å². The van der Waals surface area contributed by atoms with E-state index in [9.17, 15) is 4.79 Å². The lowest BCUT2D eigenvalue weighted by Crippen LogP contribution is -2.20. The molecule has 0 aliphatic carbocycles. The highest BCUT2D eigenvalue weighted by Crippen LogP contribution is 2.23. The summed E-state index contributed by atoms with van der Waals surface area (Å²) in [6.07, 6.45) is 0.745. The number of ether oxygens (including phenoxy) is 2. The van der Waals surface area contributed by atoms with Gasteiger partial charge in [0.1, 0.15) is 6.10 Å². The van der Waals surface area contributed by atoms with E-state index in [2.05, 4.69) is 5.32 Å². The first-order valence-corrected chi connectivity index (χ1v) is 6.36. The number of nitrogens with one attached hydrogen (secondary N) is 1. The van der Waals surface area contributed by atoms with Crippen LogP contribution in [0.5, 0.6) is 0 Å². The molecule has 1 N–H and O–H groups in total. The van der Waals surface area contributed by atoms with Crippen molar-refractivity contribution in [3.63, 3.8) is 0 Å². The molecule has 1 aliphatic heterocycles.